The summed E-state index contributed by atoms with van der Waals surface area (Å²) in [6.07, 6.45) is -0.841. The predicted molar refractivity (Wildman–Crippen MR) is 543 cm³/mol. The first-order valence-corrected chi connectivity index (χ1v) is 50.5. The molecule has 0 aromatic heterocycles. The van der Waals surface area contributed by atoms with Gasteiger partial charge in [-0.3, -0.25) is 86.3 Å². The number of hydrogen-bond acceptors (Lipinski definition) is 25. The van der Waals surface area contributed by atoms with E-state index in [1.54, 1.807) is 90.1 Å². The van der Waals surface area contributed by atoms with E-state index >= 15 is 33.6 Å². The van der Waals surface area contributed by atoms with Crippen molar-refractivity contribution in [3.05, 3.63) is 161 Å². The van der Waals surface area contributed by atoms with Gasteiger partial charge in [-0.05, 0) is 160 Å². The van der Waals surface area contributed by atoms with Gasteiger partial charge in [-0.25, -0.2) is 9.59 Å². The largest absolute Gasteiger partial charge is 0.482 e. The van der Waals surface area contributed by atoms with E-state index in [1.807, 2.05) is 30.3 Å². The Hall–Kier alpha value is -14.5. The summed E-state index contributed by atoms with van der Waals surface area (Å²) < 4.78 is 5.32. The number of carbonyl (C=O) groups excluding carboxylic acids is 17. The number of nitrogens with two attached hydrogens (primary N) is 5. The van der Waals surface area contributed by atoms with Crippen LogP contribution >= 0.6 is 11.8 Å². The zero-order chi connectivity index (χ0) is 108. The van der Waals surface area contributed by atoms with Gasteiger partial charge >= 0.3 is 17.9 Å². The average molecular weight is 2060 g/mol. The summed E-state index contributed by atoms with van der Waals surface area (Å²) in [5.74, 6) is -23.9. The molecule has 17 amide bonds. The van der Waals surface area contributed by atoms with Crippen LogP contribution in [0.4, 0.5) is 0 Å². The van der Waals surface area contributed by atoms with Crippen molar-refractivity contribution in [2.45, 2.75) is 268 Å². The fourth-order valence-corrected chi connectivity index (χ4v) is 17.6. The highest BCUT2D eigenvalue weighted by atomic mass is 32.2. The quantitative estimate of drug-likeness (QED) is 0.0246. The number of aliphatic carboxylic acids is 2. The summed E-state index contributed by atoms with van der Waals surface area (Å²) in [5, 5.41) is 66.9. The van der Waals surface area contributed by atoms with Crippen LogP contribution in [0, 0.1) is 24.7 Å². The maximum Gasteiger partial charge on any atom is 0.341 e. The molecule has 0 radical (unpaired) electrons. The van der Waals surface area contributed by atoms with Crippen molar-refractivity contribution in [2.75, 3.05) is 44.8 Å². The van der Waals surface area contributed by atoms with Crippen molar-refractivity contribution in [3.63, 3.8) is 0 Å². The third-order valence-corrected chi connectivity index (χ3v) is 26.0. The summed E-state index contributed by atoms with van der Waals surface area (Å²) >= 11 is 0.739. The van der Waals surface area contributed by atoms with E-state index in [9.17, 15) is 77.6 Å². The molecule has 5 aromatic rings. The molecule has 45 heteroatoms. The topological polar surface area (TPSA) is 713 Å². The summed E-state index contributed by atoms with van der Waals surface area (Å²) in [4.78, 5) is 289. The Bertz CT molecular complexity index is 5370. The van der Waals surface area contributed by atoms with Crippen molar-refractivity contribution >= 4 is 130 Å². The monoisotopic (exact) mass is 2060 g/mol. The zero-order valence-corrected chi connectivity index (χ0v) is 84.9. The summed E-state index contributed by atoms with van der Waals surface area (Å²) in [6.45, 7) is 10.2. The Morgan fingerprint density at radius 3 is 1.46 bits per heavy atom. The van der Waals surface area contributed by atoms with E-state index in [4.69, 9.17) is 33.4 Å². The van der Waals surface area contributed by atoms with Gasteiger partial charge in [0.25, 0.3) is 0 Å². The molecule has 1 heterocycles. The highest BCUT2D eigenvalue weighted by molar-refractivity contribution is 8.00. The number of carboxylic acids is 3. The number of nitrogens with one attached hydrogen (secondary N) is 14. The molecule has 15 atom stereocenters. The maximum absolute atomic E-state index is 15.7. The molecule has 5 aromatic carbocycles. The lowest BCUT2D eigenvalue weighted by Crippen LogP contribution is -2.62. The number of aryl methyl sites for hydroxylation is 1. The number of ether oxygens (including phenoxy) is 1. The fraction of sp³-hybridized carbons (Fsp3) is 0.510. The van der Waals surface area contributed by atoms with E-state index in [0.29, 0.717) is 29.5 Å². The van der Waals surface area contributed by atoms with Gasteiger partial charge in [0, 0.05) is 44.9 Å². The second-order valence-electron chi connectivity index (χ2n) is 37.7. The van der Waals surface area contributed by atoms with E-state index in [0.717, 1.165) is 47.1 Å². The van der Waals surface area contributed by atoms with E-state index in [-0.39, 0.29) is 105 Å². The van der Waals surface area contributed by atoms with Crippen LogP contribution < -0.4 is 108 Å². The van der Waals surface area contributed by atoms with Crippen LogP contribution in [0.15, 0.2) is 127 Å². The molecule has 0 bridgehead atoms. The number of aromatic carboxylic acids is 1. The van der Waals surface area contributed by atoms with Gasteiger partial charge in [0.05, 0.1) is 17.7 Å². The SMILES string of the molecule is CCC[C@@H]1NC(=O)CSC[C@@H](C(=O)N[C@@H](CCN)C(N)=O)NC(=O)[C@H](CCCN)NC(=O)[C@H](C(C)C)NC(=O)[C@H](CC2CCCCC2)NC(=O)[C@H](CCN)NC(=O)[C@@H](CC(C)C)NC(=O)[C@H](C)N(C)C(=O)[C@H](CCC(N)=O)NC(=O)[C@H](Cc2ccc(-c3ccccc3)cc2)NC(=O)[C@H](Cc2ccc(C(=O)O)cc2)NC(=O)[C@H](Cc2cccc(C)c2)NC(=O)[C@H](CC(=O)O)NC(=O)[C@H](Cc2ccc(OCC(=O)O)cc2)NC1=O. The molecule has 44 nitrogen and oxygen atoms in total. The van der Waals surface area contributed by atoms with Crippen LogP contribution in [0.1, 0.15) is 182 Å². The van der Waals surface area contributed by atoms with E-state index in [1.165, 1.54) is 62.5 Å². The minimum Gasteiger partial charge on any atom is -0.482 e. The first kappa shape index (κ1) is 119. The standard InChI is InChI=1S/C102H142N20O24S/c1-9-18-70-89(131)114-76(50-63-30-36-68(37-31-63)146-53-85(127)128)95(137)119-80(52-84(125)126)97(139)118-79(51-64-22-16-19-58(6)46-64)96(138)117-77(49-62-28-34-67(35-29-62)102(144)145)94(136)116-75(48-61-26-32-66(33-27-61)65-23-14-11-15-24-65)93(135)112-73(38-39-82(106)123)101(143)122(8)59(7)88(130)113-74(45-56(2)3)92(134)110-72(41-44-105)91(133)115-78(47-60-20-12-10-13-21-60)98(140)121-86(57(4)5)100(142)111-71(25-17-42-103)90(132)120-81(54-147-55-83(124)108-70)99(141)109-69(40-43-104)87(107)129/h11,14-16,19,22-24,26-37,46,56-57,59-60,69-81,86H,9-10,12-13,17-18,20-21,25,38-45,47-55,103-105H2,1-8H3,(H2,106,123)(H2,107,129)(H,108,124)(H,109,141)(H,110,134)(H,111,142)(H,112,135)(H,113,130)(H,114,131)(H,115,133)(H,116,136)(H,117,138)(H,118,139)(H,119,137)(H,120,132)(H,121,140)(H,125,126)(H,127,128)(H,144,145)/t59-,69-,70-,71-,72-,73-,74+,75-,76-,77-,78-,79-,80-,81-,86-/m0/s1. The number of amides is 17. The Labute approximate surface area is 857 Å². The van der Waals surface area contributed by atoms with Crippen molar-refractivity contribution in [1.29, 1.82) is 0 Å². The lowest BCUT2D eigenvalue weighted by molar-refractivity contribution is -0.143. The van der Waals surface area contributed by atoms with Gasteiger partial charge in [0.2, 0.25) is 100 Å². The number of likely N-dealkylation sites (N-methyl/N-ethyl adjacent to an activating group) is 1. The van der Waals surface area contributed by atoms with Crippen LogP contribution in [0.5, 0.6) is 5.75 Å². The lowest BCUT2D eigenvalue weighted by Gasteiger charge is -2.32. The van der Waals surface area contributed by atoms with Gasteiger partial charge in [-0.1, -0.05) is 182 Å². The number of carbonyl (C=O) groups is 20. The fourth-order valence-electron chi connectivity index (χ4n) is 16.8. The Balaban J connectivity index is 1.38. The number of nitrogens with zero attached hydrogens (tertiary/aromatic N) is 1. The Kier molecular flexibility index (Phi) is 49.1. The number of thioether (sulfide) groups is 1. The molecule has 800 valence electrons. The minimum atomic E-state index is -2.15. The molecular weight excluding hydrogens is 1920 g/mol. The average Bonchev–Trinajstić information content (AvgIpc) is 0.828. The van der Waals surface area contributed by atoms with Crippen LogP contribution in [0.3, 0.4) is 0 Å². The van der Waals surface area contributed by atoms with Crippen molar-refractivity contribution in [1.82, 2.24) is 79.3 Å². The molecule has 2 aliphatic rings. The summed E-state index contributed by atoms with van der Waals surface area (Å²) in [6, 6.07) is 8.46. The number of hydrogen-bond donors (Lipinski definition) is 22. The van der Waals surface area contributed by atoms with Gasteiger partial charge in [0.1, 0.15) is 96.4 Å². The maximum atomic E-state index is 15.7. The lowest BCUT2D eigenvalue weighted by atomic mass is 9.84. The molecule has 2 fully saturated rings. The Morgan fingerprint density at radius 1 is 0.476 bits per heavy atom. The predicted octanol–water partition coefficient (Wildman–Crippen LogP) is -0.390. The molecule has 0 unspecified atom stereocenters. The minimum absolute atomic E-state index is 0.0270. The first-order chi connectivity index (χ1) is 69.9. The van der Waals surface area contributed by atoms with Crippen LogP contribution in [0.25, 0.3) is 11.1 Å². The molecule has 27 N–H and O–H groups in total. The highest BCUT2D eigenvalue weighted by Crippen LogP contribution is 2.29. The second kappa shape index (κ2) is 60.5. The number of rotatable bonds is 35. The second-order valence-corrected chi connectivity index (χ2v) is 38.7. The molecule has 1 aliphatic heterocycles. The summed E-state index contributed by atoms with van der Waals surface area (Å²) in [7, 11) is 1.20. The number of carboxylic acid groups (broad SMARTS) is 3. The third-order valence-electron chi connectivity index (χ3n) is 25.0. The van der Waals surface area contributed by atoms with E-state index in [2.05, 4.69) is 74.4 Å². The van der Waals surface area contributed by atoms with Crippen LogP contribution in [-0.4, -0.2) is 274 Å². The Morgan fingerprint density at radius 2 is 0.952 bits per heavy atom. The van der Waals surface area contributed by atoms with Gasteiger partial charge in [-0.15, -0.1) is 11.8 Å². The number of primary amides is 2. The summed E-state index contributed by atoms with van der Waals surface area (Å²) in [5.41, 5.74) is 32.5. The first-order valence-electron chi connectivity index (χ1n) is 49.3. The molecule has 0 spiro atoms. The van der Waals surface area contributed by atoms with E-state index < -0.39 is 278 Å². The van der Waals surface area contributed by atoms with Gasteiger partial charge in [-0.2, -0.15) is 0 Å². The van der Waals surface area contributed by atoms with Crippen molar-refractivity contribution in [2.24, 2.45) is 46.4 Å². The molecule has 1 saturated carbocycles. The van der Waals surface area contributed by atoms with Crippen molar-refractivity contribution in [3.8, 4) is 16.9 Å². The third kappa shape index (κ3) is 40.1. The molecule has 7 rings (SSSR count). The van der Waals surface area contributed by atoms with Gasteiger partial charge in [0.15, 0.2) is 6.61 Å². The van der Waals surface area contributed by atoms with Gasteiger partial charge < -0.3 is 128 Å². The highest BCUT2D eigenvalue weighted by Gasteiger charge is 2.42. The van der Waals surface area contributed by atoms with Crippen LogP contribution in [0.2, 0.25) is 0 Å². The normalized spacial score (nSPS) is 23.0. The molecule has 147 heavy (non-hydrogen) atoms. The number of benzene rings is 5. The van der Waals surface area contributed by atoms with Crippen LogP contribution in [-0.2, 0) is 117 Å². The molecule has 1 saturated heterocycles. The van der Waals surface area contributed by atoms with Crippen molar-refractivity contribution < 1.29 is 116 Å². The smallest absolute Gasteiger partial charge is 0.341 e. The molecular formula is C102H142N20O24S. The zero-order valence-electron chi connectivity index (χ0n) is 84.1. The molecule has 1 aliphatic carbocycles.